The molecule has 2 aliphatic rings. The number of nitrogens with zero attached hydrogens (tertiary/aromatic N) is 1. The molecule has 2 fully saturated rings. The highest BCUT2D eigenvalue weighted by molar-refractivity contribution is 5.89. The Morgan fingerprint density at radius 2 is 1.63 bits per heavy atom. The number of carboxylic acids is 1. The van der Waals surface area contributed by atoms with Gasteiger partial charge in [-0.3, -0.25) is 9.59 Å². The van der Waals surface area contributed by atoms with Gasteiger partial charge in [-0.1, -0.05) is 0 Å². The van der Waals surface area contributed by atoms with E-state index in [0.717, 1.165) is 0 Å². The number of piperidine rings is 1. The summed E-state index contributed by atoms with van der Waals surface area (Å²) in [5, 5.41) is 14.6. The van der Waals surface area contributed by atoms with Crippen molar-refractivity contribution in [1.29, 1.82) is 0 Å². The molecule has 0 radical (unpaired) electrons. The first kappa shape index (κ1) is 19.1. The second-order valence-electron chi connectivity index (χ2n) is 7.25. The Balaban J connectivity index is 1.42. The molecule has 1 aromatic rings. The van der Waals surface area contributed by atoms with E-state index in [2.05, 4.69) is 10.6 Å². The van der Waals surface area contributed by atoms with Crippen LogP contribution in [0.15, 0.2) is 24.3 Å². The Bertz CT molecular complexity index is 701. The van der Waals surface area contributed by atoms with E-state index in [1.807, 2.05) is 0 Å². The minimum Gasteiger partial charge on any atom is -0.481 e. The molecule has 1 saturated heterocycles. The summed E-state index contributed by atoms with van der Waals surface area (Å²) in [6.45, 7) is 1.10. The molecule has 0 bridgehead atoms. The normalized spacial score (nSPS) is 23.1. The highest BCUT2D eigenvalue weighted by Crippen LogP contribution is 2.33. The maximum Gasteiger partial charge on any atom is 0.319 e. The van der Waals surface area contributed by atoms with Crippen LogP contribution in [0.3, 0.4) is 0 Å². The van der Waals surface area contributed by atoms with E-state index in [1.165, 1.54) is 24.3 Å². The van der Waals surface area contributed by atoms with Crippen LogP contribution in [0, 0.1) is 17.7 Å². The van der Waals surface area contributed by atoms with Crippen molar-refractivity contribution in [3.05, 3.63) is 30.1 Å². The number of carbonyl (C=O) groups excluding carboxylic acids is 2. The zero-order valence-electron chi connectivity index (χ0n) is 15.0. The fourth-order valence-corrected chi connectivity index (χ4v) is 3.82. The molecule has 7 nitrogen and oxygen atoms in total. The Morgan fingerprint density at radius 1 is 1.00 bits per heavy atom. The quantitative estimate of drug-likeness (QED) is 0.750. The summed E-state index contributed by atoms with van der Waals surface area (Å²) < 4.78 is 12.9. The first-order valence-electron chi connectivity index (χ1n) is 9.27. The number of carboxylic acid groups (broad SMARTS) is 1. The third kappa shape index (κ3) is 4.96. The lowest BCUT2D eigenvalue weighted by atomic mass is 10.00. The molecule has 1 aliphatic carbocycles. The summed E-state index contributed by atoms with van der Waals surface area (Å²) in [6.07, 6.45) is 2.92. The maximum atomic E-state index is 12.9. The Morgan fingerprint density at radius 3 is 2.22 bits per heavy atom. The first-order chi connectivity index (χ1) is 12.9. The van der Waals surface area contributed by atoms with E-state index in [9.17, 15) is 18.8 Å². The molecular formula is C19H24FN3O4. The van der Waals surface area contributed by atoms with Crippen molar-refractivity contribution in [2.45, 2.75) is 38.1 Å². The Hall–Kier alpha value is -2.64. The van der Waals surface area contributed by atoms with E-state index in [-0.39, 0.29) is 29.7 Å². The summed E-state index contributed by atoms with van der Waals surface area (Å²) in [5.74, 6) is -1.76. The second kappa shape index (κ2) is 8.37. The number of nitrogens with one attached hydrogen (secondary N) is 2. The van der Waals surface area contributed by atoms with Crippen molar-refractivity contribution in [1.82, 2.24) is 10.2 Å². The lowest BCUT2D eigenvalue weighted by molar-refractivity contribution is -0.141. The molecule has 0 unspecified atom stereocenters. The van der Waals surface area contributed by atoms with Gasteiger partial charge in [-0.15, -0.1) is 0 Å². The summed E-state index contributed by atoms with van der Waals surface area (Å²) in [5.41, 5.74) is 0.510. The molecule has 8 heteroatoms. The molecule has 1 saturated carbocycles. The third-order valence-corrected chi connectivity index (χ3v) is 5.38. The summed E-state index contributed by atoms with van der Waals surface area (Å²) >= 11 is 0. The van der Waals surface area contributed by atoms with Gasteiger partial charge in [0.05, 0.1) is 5.92 Å². The number of carbonyl (C=O) groups is 3. The second-order valence-corrected chi connectivity index (χ2v) is 7.25. The maximum absolute atomic E-state index is 12.9. The van der Waals surface area contributed by atoms with Crippen LogP contribution in [-0.2, 0) is 9.59 Å². The van der Waals surface area contributed by atoms with Gasteiger partial charge in [-0.2, -0.15) is 0 Å². The van der Waals surface area contributed by atoms with Gasteiger partial charge in [0, 0.05) is 30.7 Å². The van der Waals surface area contributed by atoms with Gasteiger partial charge in [-0.05, 0) is 56.4 Å². The highest BCUT2D eigenvalue weighted by atomic mass is 19.1. The van der Waals surface area contributed by atoms with E-state index < -0.39 is 11.9 Å². The fraction of sp³-hybridized carbons (Fsp3) is 0.526. The molecular weight excluding hydrogens is 353 g/mol. The third-order valence-electron chi connectivity index (χ3n) is 5.38. The van der Waals surface area contributed by atoms with Crippen molar-refractivity contribution in [3.8, 4) is 0 Å². The van der Waals surface area contributed by atoms with E-state index >= 15 is 0 Å². The van der Waals surface area contributed by atoms with Crippen LogP contribution in [0.4, 0.5) is 14.9 Å². The number of benzene rings is 1. The van der Waals surface area contributed by atoms with Gasteiger partial charge >= 0.3 is 12.0 Å². The van der Waals surface area contributed by atoms with Crippen LogP contribution in [0.25, 0.3) is 0 Å². The van der Waals surface area contributed by atoms with Crippen LogP contribution >= 0.6 is 0 Å². The largest absolute Gasteiger partial charge is 0.481 e. The molecule has 3 amide bonds. The Labute approximate surface area is 156 Å². The van der Waals surface area contributed by atoms with E-state index in [0.29, 0.717) is 50.9 Å². The van der Waals surface area contributed by atoms with Gasteiger partial charge in [0.25, 0.3) is 0 Å². The number of urea groups is 1. The van der Waals surface area contributed by atoms with Crippen LogP contribution < -0.4 is 10.6 Å². The van der Waals surface area contributed by atoms with Crippen molar-refractivity contribution in [2.75, 3.05) is 18.4 Å². The molecule has 1 aliphatic heterocycles. The van der Waals surface area contributed by atoms with E-state index in [1.54, 1.807) is 4.90 Å². The van der Waals surface area contributed by atoms with Gasteiger partial charge in [-0.25, -0.2) is 9.18 Å². The molecule has 146 valence electrons. The number of hydrogen-bond donors (Lipinski definition) is 3. The average Bonchev–Trinajstić information content (AvgIpc) is 3.14. The standard InChI is InChI=1S/C19H24FN3O4/c20-14-3-5-15(6-4-14)21-19(27)22-16-7-9-23(10-8-16)17(24)12-1-2-13(11-12)18(25)26/h3-6,12-13,16H,1-2,7-11H2,(H,25,26)(H2,21,22,27)/t12-,13+/m0/s1. The zero-order valence-corrected chi connectivity index (χ0v) is 15.0. The molecule has 2 atom stereocenters. The van der Waals surface area contributed by atoms with Crippen LogP contribution in [-0.4, -0.2) is 47.0 Å². The van der Waals surface area contributed by atoms with Crippen LogP contribution in [0.5, 0.6) is 0 Å². The number of amides is 3. The SMILES string of the molecule is O=C(Nc1ccc(F)cc1)NC1CCN(C(=O)[C@H]2CC[C@@H](C(=O)O)C2)CC1. The number of aliphatic carboxylic acids is 1. The molecule has 1 aromatic carbocycles. The topological polar surface area (TPSA) is 98.7 Å². The van der Waals surface area contributed by atoms with Crippen molar-refractivity contribution >= 4 is 23.6 Å². The number of anilines is 1. The predicted octanol–water partition coefficient (Wildman–Crippen LogP) is 2.44. The van der Waals surface area contributed by atoms with Gasteiger partial charge < -0.3 is 20.6 Å². The minimum absolute atomic E-state index is 0.0352. The van der Waals surface area contributed by atoms with Gasteiger partial charge in [0.15, 0.2) is 0 Å². The smallest absolute Gasteiger partial charge is 0.319 e. The fourth-order valence-electron chi connectivity index (χ4n) is 3.82. The summed E-state index contributed by atoms with van der Waals surface area (Å²) in [6, 6.07) is 5.14. The highest BCUT2D eigenvalue weighted by Gasteiger charge is 2.36. The van der Waals surface area contributed by atoms with E-state index in [4.69, 9.17) is 5.11 Å². The molecule has 3 N–H and O–H groups in total. The molecule has 0 spiro atoms. The number of rotatable bonds is 4. The lowest BCUT2D eigenvalue weighted by Gasteiger charge is -2.34. The first-order valence-corrected chi connectivity index (χ1v) is 9.27. The number of hydrogen-bond acceptors (Lipinski definition) is 3. The van der Waals surface area contributed by atoms with Crippen LogP contribution in [0.1, 0.15) is 32.1 Å². The van der Waals surface area contributed by atoms with Crippen molar-refractivity contribution in [2.24, 2.45) is 11.8 Å². The van der Waals surface area contributed by atoms with Crippen LogP contribution in [0.2, 0.25) is 0 Å². The van der Waals surface area contributed by atoms with Gasteiger partial charge in [0.2, 0.25) is 5.91 Å². The minimum atomic E-state index is -0.819. The predicted molar refractivity (Wildman–Crippen MR) is 96.6 cm³/mol. The number of likely N-dealkylation sites (tertiary alicyclic amines) is 1. The molecule has 1 heterocycles. The van der Waals surface area contributed by atoms with Gasteiger partial charge in [0.1, 0.15) is 5.82 Å². The van der Waals surface area contributed by atoms with Crippen molar-refractivity contribution in [3.63, 3.8) is 0 Å². The summed E-state index contributed by atoms with van der Waals surface area (Å²) in [7, 11) is 0. The molecule has 3 rings (SSSR count). The molecule has 0 aromatic heterocycles. The number of halogens is 1. The van der Waals surface area contributed by atoms with Crippen molar-refractivity contribution < 1.29 is 23.9 Å². The zero-order chi connectivity index (χ0) is 19.4. The summed E-state index contributed by atoms with van der Waals surface area (Å²) in [4.78, 5) is 37.4. The molecule has 27 heavy (non-hydrogen) atoms. The monoisotopic (exact) mass is 377 g/mol. The Kier molecular flexibility index (Phi) is 5.93. The average molecular weight is 377 g/mol. The lowest BCUT2D eigenvalue weighted by Crippen LogP contribution is -2.48.